The van der Waals surface area contributed by atoms with E-state index in [4.69, 9.17) is 17.3 Å². The molecule has 112 valence electrons. The highest BCUT2D eigenvalue weighted by atomic mass is 35.5. The molecule has 0 amide bonds. The Balaban J connectivity index is 2.33. The summed E-state index contributed by atoms with van der Waals surface area (Å²) in [6, 6.07) is 12.4. The number of aliphatic hydroxyl groups is 1. The Hall–Kier alpha value is -1.42. The molecule has 2 atom stereocenters. The summed E-state index contributed by atoms with van der Waals surface area (Å²) in [5.41, 5.74) is 8.00. The van der Waals surface area contributed by atoms with Crippen molar-refractivity contribution in [1.29, 1.82) is 0 Å². The van der Waals surface area contributed by atoms with Crippen LogP contribution in [0.4, 0.5) is 4.39 Å². The van der Waals surface area contributed by atoms with Crippen LogP contribution in [-0.4, -0.2) is 11.7 Å². The topological polar surface area (TPSA) is 46.2 Å². The molecule has 0 aliphatic carbocycles. The number of nitrogens with two attached hydrogens (primary N) is 1. The van der Waals surface area contributed by atoms with E-state index < -0.39 is 17.8 Å². The fraction of sp³-hybridized carbons (Fsp3) is 0.294. The molecule has 0 fully saturated rings. The van der Waals surface area contributed by atoms with Crippen molar-refractivity contribution in [2.75, 3.05) is 6.54 Å². The molecule has 2 nitrogen and oxygen atoms in total. The lowest BCUT2D eigenvalue weighted by Gasteiger charge is -2.23. The van der Waals surface area contributed by atoms with E-state index in [1.54, 1.807) is 12.1 Å². The minimum absolute atomic E-state index is 0.0412. The van der Waals surface area contributed by atoms with Crippen LogP contribution in [0, 0.1) is 5.82 Å². The van der Waals surface area contributed by atoms with Crippen LogP contribution in [0.5, 0.6) is 0 Å². The molecule has 0 heterocycles. The van der Waals surface area contributed by atoms with E-state index in [2.05, 4.69) is 6.92 Å². The number of benzene rings is 2. The third kappa shape index (κ3) is 3.43. The molecule has 0 saturated carbocycles. The summed E-state index contributed by atoms with van der Waals surface area (Å²) in [5, 5.41) is 10.6. The number of aliphatic hydroxyl groups excluding tert-OH is 1. The van der Waals surface area contributed by atoms with Crippen LogP contribution in [0.2, 0.25) is 5.02 Å². The summed E-state index contributed by atoms with van der Waals surface area (Å²) in [5.74, 6) is -1.05. The van der Waals surface area contributed by atoms with Gasteiger partial charge in [0.05, 0.1) is 11.1 Å². The Bertz CT molecular complexity index is 600. The number of aryl methyl sites for hydroxylation is 1. The van der Waals surface area contributed by atoms with Gasteiger partial charge in [-0.25, -0.2) is 4.39 Å². The first-order chi connectivity index (χ1) is 10.1. The third-order valence-corrected chi connectivity index (χ3v) is 4.04. The molecular formula is C17H19ClFNO. The zero-order valence-corrected chi connectivity index (χ0v) is 12.6. The van der Waals surface area contributed by atoms with E-state index in [9.17, 15) is 9.50 Å². The van der Waals surface area contributed by atoms with Gasteiger partial charge in [-0.2, -0.15) is 0 Å². The summed E-state index contributed by atoms with van der Waals surface area (Å²) in [7, 11) is 0. The first kappa shape index (κ1) is 16.0. The van der Waals surface area contributed by atoms with Crippen molar-refractivity contribution in [1.82, 2.24) is 0 Å². The smallest absolute Gasteiger partial charge is 0.145 e. The molecule has 4 heteroatoms. The molecule has 0 spiro atoms. The van der Waals surface area contributed by atoms with Crippen molar-refractivity contribution in [3.63, 3.8) is 0 Å². The first-order valence-corrected chi connectivity index (χ1v) is 7.37. The highest BCUT2D eigenvalue weighted by Crippen LogP contribution is 2.33. The molecule has 0 aliphatic rings. The lowest BCUT2D eigenvalue weighted by Crippen LogP contribution is -2.21. The van der Waals surface area contributed by atoms with Crippen LogP contribution in [-0.2, 0) is 6.42 Å². The standard InChI is InChI=1S/C17H19ClFNO/c1-2-11-6-8-12(9-7-11)17(21)14(10-20)13-4-3-5-15(18)16(13)19/h3-9,14,17,21H,2,10,20H2,1H3. The maximum Gasteiger partial charge on any atom is 0.145 e. The van der Waals surface area contributed by atoms with Crippen molar-refractivity contribution >= 4 is 11.6 Å². The zero-order valence-electron chi connectivity index (χ0n) is 11.9. The Kier molecular flexibility index (Phi) is 5.34. The van der Waals surface area contributed by atoms with Gasteiger partial charge in [-0.15, -0.1) is 0 Å². The van der Waals surface area contributed by atoms with Crippen LogP contribution in [0.3, 0.4) is 0 Å². The van der Waals surface area contributed by atoms with E-state index in [1.807, 2.05) is 24.3 Å². The maximum absolute atomic E-state index is 14.1. The van der Waals surface area contributed by atoms with Gasteiger partial charge in [0.2, 0.25) is 0 Å². The van der Waals surface area contributed by atoms with Gasteiger partial charge in [0.1, 0.15) is 5.82 Å². The minimum atomic E-state index is -0.867. The van der Waals surface area contributed by atoms with E-state index >= 15 is 0 Å². The van der Waals surface area contributed by atoms with Gasteiger partial charge in [0.15, 0.2) is 0 Å². The Labute approximate surface area is 129 Å². The number of rotatable bonds is 5. The lowest BCUT2D eigenvalue weighted by molar-refractivity contribution is 0.145. The highest BCUT2D eigenvalue weighted by molar-refractivity contribution is 6.30. The van der Waals surface area contributed by atoms with Crippen LogP contribution < -0.4 is 5.73 Å². The predicted molar refractivity (Wildman–Crippen MR) is 84.0 cm³/mol. The molecule has 2 rings (SSSR count). The lowest BCUT2D eigenvalue weighted by atomic mass is 9.88. The van der Waals surface area contributed by atoms with Gasteiger partial charge in [-0.3, -0.25) is 0 Å². The second-order valence-electron chi connectivity index (χ2n) is 5.03. The molecule has 2 aromatic carbocycles. The largest absolute Gasteiger partial charge is 0.388 e. The molecule has 2 unspecified atom stereocenters. The van der Waals surface area contributed by atoms with Gasteiger partial charge < -0.3 is 10.8 Å². The number of hydrogen-bond acceptors (Lipinski definition) is 2. The molecule has 0 saturated heterocycles. The van der Waals surface area contributed by atoms with Crippen molar-refractivity contribution in [3.8, 4) is 0 Å². The van der Waals surface area contributed by atoms with Gasteiger partial charge in [-0.1, -0.05) is 54.9 Å². The maximum atomic E-state index is 14.1. The van der Waals surface area contributed by atoms with Crippen molar-refractivity contribution in [3.05, 3.63) is 70.0 Å². The second-order valence-corrected chi connectivity index (χ2v) is 5.43. The Morgan fingerprint density at radius 2 is 1.86 bits per heavy atom. The van der Waals surface area contributed by atoms with Gasteiger partial charge in [-0.05, 0) is 29.2 Å². The van der Waals surface area contributed by atoms with Crippen LogP contribution >= 0.6 is 11.6 Å². The molecule has 0 aliphatic heterocycles. The van der Waals surface area contributed by atoms with Crippen LogP contribution in [0.25, 0.3) is 0 Å². The molecule has 2 aromatic rings. The monoisotopic (exact) mass is 307 g/mol. The number of halogens is 2. The Morgan fingerprint density at radius 3 is 2.43 bits per heavy atom. The second kappa shape index (κ2) is 7.03. The van der Waals surface area contributed by atoms with Gasteiger partial charge in [0.25, 0.3) is 0 Å². The molecule has 0 bridgehead atoms. The quantitative estimate of drug-likeness (QED) is 0.882. The summed E-state index contributed by atoms with van der Waals surface area (Å²) >= 11 is 5.81. The predicted octanol–water partition coefficient (Wildman–Crippen LogP) is 3.82. The molecular weight excluding hydrogens is 289 g/mol. The summed E-state index contributed by atoms with van der Waals surface area (Å²) in [6.45, 7) is 2.20. The van der Waals surface area contributed by atoms with E-state index in [1.165, 1.54) is 11.6 Å². The fourth-order valence-corrected chi connectivity index (χ4v) is 2.60. The molecule has 0 aromatic heterocycles. The van der Waals surface area contributed by atoms with Crippen molar-refractivity contribution < 1.29 is 9.50 Å². The average molecular weight is 308 g/mol. The average Bonchev–Trinajstić information content (AvgIpc) is 2.52. The van der Waals surface area contributed by atoms with Crippen LogP contribution in [0.15, 0.2) is 42.5 Å². The number of hydrogen-bond donors (Lipinski definition) is 2. The van der Waals surface area contributed by atoms with Gasteiger partial charge in [0, 0.05) is 12.5 Å². The van der Waals surface area contributed by atoms with Crippen LogP contribution in [0.1, 0.15) is 35.6 Å². The third-order valence-electron chi connectivity index (χ3n) is 3.75. The molecule has 3 N–H and O–H groups in total. The van der Waals surface area contributed by atoms with Gasteiger partial charge >= 0.3 is 0 Å². The van der Waals surface area contributed by atoms with E-state index in [0.717, 1.165) is 12.0 Å². The molecule has 0 radical (unpaired) electrons. The SMILES string of the molecule is CCc1ccc(C(O)C(CN)c2cccc(Cl)c2F)cc1. The van der Waals surface area contributed by atoms with E-state index in [-0.39, 0.29) is 11.6 Å². The summed E-state index contributed by atoms with van der Waals surface area (Å²) in [6.07, 6.45) is 0.0634. The fourth-order valence-electron chi connectivity index (χ4n) is 2.42. The van der Waals surface area contributed by atoms with Crippen molar-refractivity contribution in [2.24, 2.45) is 5.73 Å². The Morgan fingerprint density at radius 1 is 1.19 bits per heavy atom. The van der Waals surface area contributed by atoms with Crippen molar-refractivity contribution in [2.45, 2.75) is 25.4 Å². The highest BCUT2D eigenvalue weighted by Gasteiger charge is 2.25. The normalized spacial score (nSPS) is 14.0. The summed E-state index contributed by atoms with van der Waals surface area (Å²) in [4.78, 5) is 0. The molecule has 21 heavy (non-hydrogen) atoms. The summed E-state index contributed by atoms with van der Waals surface area (Å²) < 4.78 is 14.1. The van der Waals surface area contributed by atoms with E-state index in [0.29, 0.717) is 5.56 Å². The first-order valence-electron chi connectivity index (χ1n) is 6.99. The zero-order chi connectivity index (χ0) is 15.4. The minimum Gasteiger partial charge on any atom is -0.388 e.